The predicted molar refractivity (Wildman–Crippen MR) is 44.2 cm³/mol. The number of benzene rings is 1. The number of hydrogen-bond acceptors (Lipinski definition) is 2. The van der Waals surface area contributed by atoms with Gasteiger partial charge in [-0.1, -0.05) is 11.6 Å². The highest BCUT2D eigenvalue weighted by Crippen LogP contribution is 2.39. The van der Waals surface area contributed by atoms with E-state index < -0.39 is 34.1 Å². The first kappa shape index (κ1) is 12.6. The van der Waals surface area contributed by atoms with Crippen molar-refractivity contribution in [2.45, 2.75) is 6.18 Å². The fourth-order valence-electron chi connectivity index (χ4n) is 0.940. The van der Waals surface area contributed by atoms with E-state index in [1.807, 2.05) is 0 Å². The van der Waals surface area contributed by atoms with E-state index in [0.29, 0.717) is 0 Å². The van der Waals surface area contributed by atoms with Gasteiger partial charge in [0.15, 0.2) is 11.6 Å². The standard InChI is InChI=1S/C8HClF5NO/c9-4-1-3(8(12,13)14)5(10)6(11)7(4)15-2-16/h1H. The molecule has 0 aromatic heterocycles. The normalized spacial score (nSPS) is 11.1. The molecule has 0 spiro atoms. The van der Waals surface area contributed by atoms with Crippen molar-refractivity contribution >= 4 is 23.4 Å². The number of isocyanates is 1. The predicted octanol–water partition coefficient (Wildman–Crippen LogP) is 3.60. The fraction of sp³-hybridized carbons (Fsp3) is 0.125. The molecule has 0 heterocycles. The first-order valence-electron chi connectivity index (χ1n) is 3.61. The van der Waals surface area contributed by atoms with E-state index >= 15 is 0 Å². The molecule has 0 saturated carbocycles. The van der Waals surface area contributed by atoms with Crippen LogP contribution in [0.15, 0.2) is 11.1 Å². The van der Waals surface area contributed by atoms with Gasteiger partial charge in [-0.25, -0.2) is 13.6 Å². The zero-order valence-electron chi connectivity index (χ0n) is 7.20. The van der Waals surface area contributed by atoms with Gasteiger partial charge >= 0.3 is 6.18 Å². The van der Waals surface area contributed by atoms with Gasteiger partial charge in [-0.2, -0.15) is 18.2 Å². The van der Waals surface area contributed by atoms with Gasteiger partial charge in [0, 0.05) is 0 Å². The van der Waals surface area contributed by atoms with Gasteiger partial charge in [0.1, 0.15) is 5.69 Å². The minimum atomic E-state index is -5.09. The Labute approximate surface area is 90.3 Å². The van der Waals surface area contributed by atoms with Gasteiger partial charge in [-0.05, 0) is 6.07 Å². The van der Waals surface area contributed by atoms with E-state index in [2.05, 4.69) is 4.99 Å². The van der Waals surface area contributed by atoms with Crippen LogP contribution in [-0.2, 0) is 11.0 Å². The number of aliphatic imine (C=N–C) groups is 1. The smallest absolute Gasteiger partial charge is 0.211 e. The third kappa shape index (κ3) is 2.20. The number of nitrogens with zero attached hydrogens (tertiary/aromatic N) is 1. The highest BCUT2D eigenvalue weighted by atomic mass is 35.5. The SMILES string of the molecule is O=C=Nc1c(Cl)cc(C(F)(F)F)c(F)c1F. The minimum Gasteiger partial charge on any atom is -0.211 e. The maximum absolute atomic E-state index is 13.0. The average Bonchev–Trinajstić information content (AvgIpc) is 2.16. The summed E-state index contributed by atoms with van der Waals surface area (Å²) < 4.78 is 62.4. The van der Waals surface area contributed by atoms with Crippen LogP contribution in [0.5, 0.6) is 0 Å². The minimum absolute atomic E-state index is 0.149. The van der Waals surface area contributed by atoms with E-state index in [0.717, 1.165) is 6.08 Å². The lowest BCUT2D eigenvalue weighted by molar-refractivity contribution is -0.140. The highest BCUT2D eigenvalue weighted by Gasteiger charge is 2.37. The van der Waals surface area contributed by atoms with E-state index in [4.69, 9.17) is 11.6 Å². The Kier molecular flexibility index (Phi) is 3.30. The van der Waals surface area contributed by atoms with E-state index in [1.54, 1.807) is 0 Å². The summed E-state index contributed by atoms with van der Waals surface area (Å²) in [5.41, 5.74) is -2.87. The summed E-state index contributed by atoms with van der Waals surface area (Å²) in [5, 5.41) is -0.824. The summed E-state index contributed by atoms with van der Waals surface area (Å²) in [6.45, 7) is 0. The lowest BCUT2D eigenvalue weighted by Gasteiger charge is -2.10. The Morgan fingerprint density at radius 1 is 1.25 bits per heavy atom. The largest absolute Gasteiger partial charge is 0.419 e. The third-order valence-electron chi connectivity index (χ3n) is 1.60. The molecule has 1 aromatic carbocycles. The van der Waals surface area contributed by atoms with Gasteiger partial charge in [0.25, 0.3) is 0 Å². The zero-order valence-corrected chi connectivity index (χ0v) is 7.96. The molecule has 0 aliphatic rings. The van der Waals surface area contributed by atoms with E-state index in [1.165, 1.54) is 0 Å². The van der Waals surface area contributed by atoms with Gasteiger partial charge in [-0.15, -0.1) is 0 Å². The van der Waals surface area contributed by atoms with Gasteiger partial charge in [0.05, 0.1) is 10.6 Å². The number of hydrogen-bond donors (Lipinski definition) is 0. The number of halogens is 6. The summed E-state index contributed by atoms with van der Waals surface area (Å²) in [7, 11) is 0. The van der Waals surface area contributed by atoms with Crippen LogP contribution in [0.1, 0.15) is 5.56 Å². The van der Waals surface area contributed by atoms with Crippen molar-refractivity contribution in [2.24, 2.45) is 4.99 Å². The second-order valence-corrected chi connectivity index (χ2v) is 2.99. The first-order valence-corrected chi connectivity index (χ1v) is 3.99. The Balaban J connectivity index is 3.57. The molecule has 8 heteroatoms. The molecule has 0 fully saturated rings. The van der Waals surface area contributed by atoms with Crippen LogP contribution in [0, 0.1) is 11.6 Å². The van der Waals surface area contributed by atoms with Crippen LogP contribution in [0.25, 0.3) is 0 Å². The molecule has 1 rings (SSSR count). The fourth-order valence-corrected chi connectivity index (χ4v) is 1.17. The summed E-state index contributed by atoms with van der Waals surface area (Å²) in [6.07, 6.45) is -4.23. The number of carbonyl (C=O) groups excluding carboxylic acids is 1. The first-order chi connectivity index (χ1) is 7.29. The molecule has 0 saturated heterocycles. The topological polar surface area (TPSA) is 29.4 Å². The molecular weight excluding hydrogens is 257 g/mol. The van der Waals surface area contributed by atoms with Crippen LogP contribution < -0.4 is 0 Å². The Morgan fingerprint density at radius 2 is 1.81 bits per heavy atom. The summed E-state index contributed by atoms with van der Waals surface area (Å²) in [5.74, 6) is -4.10. The lowest BCUT2D eigenvalue weighted by atomic mass is 10.1. The van der Waals surface area contributed by atoms with E-state index in [-0.39, 0.29) is 6.07 Å². The van der Waals surface area contributed by atoms with Crippen LogP contribution >= 0.6 is 11.6 Å². The molecule has 0 aliphatic heterocycles. The molecule has 0 amide bonds. The average molecular weight is 258 g/mol. The lowest BCUT2D eigenvalue weighted by Crippen LogP contribution is -2.09. The number of alkyl halides is 3. The molecule has 0 aliphatic carbocycles. The van der Waals surface area contributed by atoms with Crippen LogP contribution in [0.3, 0.4) is 0 Å². The molecule has 2 nitrogen and oxygen atoms in total. The number of rotatable bonds is 1. The van der Waals surface area contributed by atoms with E-state index in [9.17, 15) is 26.7 Å². The molecule has 0 atom stereocenters. The monoisotopic (exact) mass is 257 g/mol. The molecule has 0 radical (unpaired) electrons. The van der Waals surface area contributed by atoms with Gasteiger partial charge in [0.2, 0.25) is 6.08 Å². The molecule has 16 heavy (non-hydrogen) atoms. The highest BCUT2D eigenvalue weighted by molar-refractivity contribution is 6.33. The molecule has 0 unspecified atom stereocenters. The zero-order chi connectivity index (χ0) is 12.5. The summed E-state index contributed by atoms with van der Waals surface area (Å²) in [6, 6.07) is 0.149. The maximum atomic E-state index is 13.0. The maximum Gasteiger partial charge on any atom is 0.419 e. The van der Waals surface area contributed by atoms with Crippen molar-refractivity contribution in [1.82, 2.24) is 0 Å². The Bertz CT molecular complexity index is 478. The Hall–Kier alpha value is -1.46. The second-order valence-electron chi connectivity index (χ2n) is 2.58. The van der Waals surface area contributed by atoms with Gasteiger partial charge in [-0.3, -0.25) is 0 Å². The van der Waals surface area contributed by atoms with Crippen molar-refractivity contribution < 1.29 is 26.7 Å². The van der Waals surface area contributed by atoms with Gasteiger partial charge < -0.3 is 0 Å². The molecule has 86 valence electrons. The third-order valence-corrected chi connectivity index (χ3v) is 1.89. The Morgan fingerprint density at radius 3 is 2.25 bits per heavy atom. The molecule has 0 N–H and O–H groups in total. The second kappa shape index (κ2) is 4.19. The van der Waals surface area contributed by atoms with Crippen LogP contribution in [-0.4, -0.2) is 6.08 Å². The summed E-state index contributed by atoms with van der Waals surface area (Å²) >= 11 is 5.21. The van der Waals surface area contributed by atoms with Crippen LogP contribution in [0.4, 0.5) is 27.6 Å². The molecule has 0 bridgehead atoms. The van der Waals surface area contributed by atoms with Crippen molar-refractivity contribution in [2.75, 3.05) is 0 Å². The molecule has 1 aromatic rings. The van der Waals surface area contributed by atoms with Crippen molar-refractivity contribution in [3.63, 3.8) is 0 Å². The van der Waals surface area contributed by atoms with Crippen molar-refractivity contribution in [3.8, 4) is 0 Å². The molecular formula is C8HClF5NO. The summed E-state index contributed by atoms with van der Waals surface area (Å²) in [4.78, 5) is 12.5. The van der Waals surface area contributed by atoms with Crippen LogP contribution in [0.2, 0.25) is 5.02 Å². The van der Waals surface area contributed by atoms with Crippen molar-refractivity contribution in [3.05, 3.63) is 28.3 Å². The quantitative estimate of drug-likeness (QED) is 0.327. The van der Waals surface area contributed by atoms with Crippen molar-refractivity contribution in [1.29, 1.82) is 0 Å².